The number of allylic oxidation sites excluding steroid dienone is 4. The molecule has 1 radical (unpaired) electrons. The van der Waals surface area contributed by atoms with Crippen molar-refractivity contribution in [2.45, 2.75) is 84.0 Å². The van der Waals surface area contributed by atoms with Crippen molar-refractivity contribution in [3.8, 4) is 0 Å². The second-order valence-electron chi connectivity index (χ2n) is 5.29. The van der Waals surface area contributed by atoms with Crippen LogP contribution in [0.5, 0.6) is 0 Å². The number of unbranched alkanes of at least 4 members (excludes halogenated alkanes) is 9. The fraction of sp³-hybridized carbons (Fsp3) is 0.778. The van der Waals surface area contributed by atoms with Crippen LogP contribution in [-0.2, 0) is 5.11 Å². The Bertz CT molecular complexity index is 206. The van der Waals surface area contributed by atoms with Gasteiger partial charge >= 0.3 is 0 Å². The van der Waals surface area contributed by atoms with E-state index >= 15 is 0 Å². The minimum Gasteiger partial charge on any atom is -0.237 e. The van der Waals surface area contributed by atoms with Gasteiger partial charge in [-0.2, -0.15) is 0 Å². The van der Waals surface area contributed by atoms with Gasteiger partial charge in [0, 0.05) is 0 Å². The maximum atomic E-state index is 10.2. The Kier molecular flexibility index (Phi) is 16.9. The van der Waals surface area contributed by atoms with Crippen LogP contribution in [0, 0.1) is 0 Å². The van der Waals surface area contributed by atoms with Crippen LogP contribution in [0.2, 0.25) is 0 Å². The number of hydrogen-bond donors (Lipinski definition) is 0. The molecular weight excluding hydrogens is 232 g/mol. The molecule has 0 aromatic rings. The Morgan fingerprint density at radius 1 is 0.632 bits per heavy atom. The first kappa shape index (κ1) is 18.4. The van der Waals surface area contributed by atoms with Gasteiger partial charge in [-0.1, -0.05) is 69.8 Å². The molecule has 0 fully saturated rings. The van der Waals surface area contributed by atoms with E-state index in [0.29, 0.717) is 0 Å². The van der Waals surface area contributed by atoms with E-state index in [4.69, 9.17) is 0 Å². The van der Waals surface area contributed by atoms with Gasteiger partial charge in [-0.05, 0) is 38.5 Å². The molecule has 0 saturated carbocycles. The molecule has 0 heterocycles. The van der Waals surface area contributed by atoms with E-state index in [1.807, 2.05) is 0 Å². The van der Waals surface area contributed by atoms with Crippen molar-refractivity contribution in [3.05, 3.63) is 24.3 Å². The summed E-state index contributed by atoms with van der Waals surface area (Å²) in [6.45, 7) is 2.35. The molecule has 0 amide bonds. The van der Waals surface area contributed by atoms with Gasteiger partial charge in [-0.15, -0.1) is 0 Å². The Labute approximate surface area is 120 Å². The van der Waals surface area contributed by atoms with Gasteiger partial charge < -0.3 is 0 Å². The molecule has 0 bridgehead atoms. The largest absolute Gasteiger partial charge is 0.237 e. The molecule has 0 rings (SSSR count). The monoisotopic (exact) mass is 265 g/mol. The molecule has 1 nitrogen and oxygen atoms in total. The smallest absolute Gasteiger partial charge is 0.0822 e. The molecule has 0 aromatic heterocycles. The van der Waals surface area contributed by atoms with Gasteiger partial charge in [0.15, 0.2) is 0 Å². The van der Waals surface area contributed by atoms with Gasteiger partial charge in [0.05, 0.1) is 6.61 Å². The van der Waals surface area contributed by atoms with E-state index < -0.39 is 0 Å². The van der Waals surface area contributed by atoms with Crippen molar-refractivity contribution in [1.29, 1.82) is 0 Å². The van der Waals surface area contributed by atoms with Crippen LogP contribution in [0.1, 0.15) is 84.0 Å². The third-order valence-electron chi connectivity index (χ3n) is 3.34. The van der Waals surface area contributed by atoms with Crippen LogP contribution in [0.3, 0.4) is 0 Å². The van der Waals surface area contributed by atoms with Crippen molar-refractivity contribution in [3.63, 3.8) is 0 Å². The normalized spacial score (nSPS) is 11.9. The van der Waals surface area contributed by atoms with E-state index in [1.165, 1.54) is 57.8 Å². The van der Waals surface area contributed by atoms with E-state index in [0.717, 1.165) is 19.3 Å². The van der Waals surface area contributed by atoms with Gasteiger partial charge in [0.25, 0.3) is 0 Å². The van der Waals surface area contributed by atoms with Crippen molar-refractivity contribution in [2.24, 2.45) is 0 Å². The lowest BCUT2D eigenvalue weighted by Gasteiger charge is -1.98. The molecule has 1 heteroatoms. The predicted octanol–water partition coefficient (Wildman–Crippen LogP) is 6.23. The average molecular weight is 265 g/mol. The molecule has 0 aliphatic heterocycles. The Morgan fingerprint density at radius 2 is 1.16 bits per heavy atom. The summed E-state index contributed by atoms with van der Waals surface area (Å²) in [4.78, 5) is 0. The minimum absolute atomic E-state index is 0.106. The second-order valence-corrected chi connectivity index (χ2v) is 5.29. The molecule has 0 saturated heterocycles. The maximum Gasteiger partial charge on any atom is 0.0822 e. The molecule has 111 valence electrons. The lowest BCUT2D eigenvalue weighted by atomic mass is 10.1. The third kappa shape index (κ3) is 17.4. The first-order valence-corrected chi connectivity index (χ1v) is 8.30. The first-order valence-electron chi connectivity index (χ1n) is 8.30. The highest BCUT2D eigenvalue weighted by molar-refractivity contribution is 4.92. The van der Waals surface area contributed by atoms with E-state index in [9.17, 15) is 5.11 Å². The summed E-state index contributed by atoms with van der Waals surface area (Å²) < 4.78 is 0. The van der Waals surface area contributed by atoms with Gasteiger partial charge in [0.2, 0.25) is 0 Å². The predicted molar refractivity (Wildman–Crippen MR) is 84.9 cm³/mol. The highest BCUT2D eigenvalue weighted by atomic mass is 16.2. The highest BCUT2D eigenvalue weighted by Gasteiger charge is 1.89. The molecule has 19 heavy (non-hydrogen) atoms. The van der Waals surface area contributed by atoms with Crippen LogP contribution < -0.4 is 0 Å². The molecule has 0 aliphatic rings. The summed E-state index contributed by atoms with van der Waals surface area (Å²) in [5.74, 6) is 0. The summed E-state index contributed by atoms with van der Waals surface area (Å²) in [7, 11) is 0. The van der Waals surface area contributed by atoms with Crippen LogP contribution in [0.15, 0.2) is 24.3 Å². The summed E-state index contributed by atoms with van der Waals surface area (Å²) in [5, 5.41) is 10.2. The van der Waals surface area contributed by atoms with Gasteiger partial charge in [-0.3, -0.25) is 0 Å². The standard InChI is InChI=1S/C18H33O/c1-2-3-4-5-6-7-8-9-10-11-12-13-14-15-16-17-18-19/h6-7,9-10H,2-5,8,11-18H2,1H3/b7-6+,10-9-. The fourth-order valence-electron chi connectivity index (χ4n) is 2.09. The zero-order valence-electron chi connectivity index (χ0n) is 12.9. The molecule has 0 N–H and O–H groups in total. The maximum absolute atomic E-state index is 10.2. The third-order valence-corrected chi connectivity index (χ3v) is 3.34. The second kappa shape index (κ2) is 17.4. The van der Waals surface area contributed by atoms with E-state index in [-0.39, 0.29) is 6.61 Å². The van der Waals surface area contributed by atoms with Crippen molar-refractivity contribution >= 4 is 0 Å². The van der Waals surface area contributed by atoms with Crippen molar-refractivity contribution in [1.82, 2.24) is 0 Å². The molecule has 0 spiro atoms. The minimum atomic E-state index is 0.106. The highest BCUT2D eigenvalue weighted by Crippen LogP contribution is 2.07. The lowest BCUT2D eigenvalue weighted by molar-refractivity contribution is 0.186. The topological polar surface area (TPSA) is 19.9 Å². The lowest BCUT2D eigenvalue weighted by Crippen LogP contribution is -1.82. The molecule has 0 aliphatic carbocycles. The first-order chi connectivity index (χ1) is 9.41. The molecular formula is C18H33O. The van der Waals surface area contributed by atoms with Crippen molar-refractivity contribution in [2.75, 3.05) is 6.61 Å². The average Bonchev–Trinajstić information content (AvgIpc) is 2.43. The van der Waals surface area contributed by atoms with Gasteiger partial charge in [-0.25, -0.2) is 5.11 Å². The Balaban J connectivity index is 3.12. The van der Waals surface area contributed by atoms with E-state index in [1.54, 1.807) is 0 Å². The molecule has 0 aromatic carbocycles. The molecule has 0 unspecified atom stereocenters. The molecule has 0 atom stereocenters. The van der Waals surface area contributed by atoms with Crippen LogP contribution in [0.4, 0.5) is 0 Å². The SMILES string of the molecule is CCCCC/C=C/C/C=C\CCCCCCCC[O]. The number of rotatable bonds is 14. The van der Waals surface area contributed by atoms with Crippen LogP contribution >= 0.6 is 0 Å². The summed E-state index contributed by atoms with van der Waals surface area (Å²) in [5.41, 5.74) is 0. The quantitative estimate of drug-likeness (QED) is 0.262. The summed E-state index contributed by atoms with van der Waals surface area (Å²) in [6.07, 6.45) is 23.9. The Hall–Kier alpha value is -0.560. The van der Waals surface area contributed by atoms with Crippen molar-refractivity contribution < 1.29 is 5.11 Å². The number of hydrogen-bond acceptors (Lipinski definition) is 0. The zero-order valence-corrected chi connectivity index (χ0v) is 12.9. The van der Waals surface area contributed by atoms with Crippen LogP contribution in [-0.4, -0.2) is 6.61 Å². The van der Waals surface area contributed by atoms with E-state index in [2.05, 4.69) is 31.2 Å². The summed E-state index contributed by atoms with van der Waals surface area (Å²) >= 11 is 0. The van der Waals surface area contributed by atoms with Gasteiger partial charge in [0.1, 0.15) is 0 Å². The van der Waals surface area contributed by atoms with Crippen LogP contribution in [0.25, 0.3) is 0 Å². The summed E-state index contributed by atoms with van der Waals surface area (Å²) in [6, 6.07) is 0. The zero-order chi connectivity index (χ0) is 14.0. The Morgan fingerprint density at radius 3 is 1.74 bits per heavy atom. The fourth-order valence-corrected chi connectivity index (χ4v) is 2.09.